The van der Waals surface area contributed by atoms with Crippen molar-refractivity contribution in [2.24, 2.45) is 0 Å². The fourth-order valence-electron chi connectivity index (χ4n) is 4.07. The number of aromatic nitrogens is 6. The van der Waals surface area contributed by atoms with E-state index in [-0.39, 0.29) is 11.9 Å². The average molecular weight is 390 g/mol. The molecule has 0 saturated heterocycles. The van der Waals surface area contributed by atoms with Gasteiger partial charge in [-0.25, -0.2) is 19.9 Å². The molecular weight excluding hydrogens is 368 g/mol. The Morgan fingerprint density at radius 3 is 2.62 bits per heavy atom. The van der Waals surface area contributed by atoms with Gasteiger partial charge in [0.2, 0.25) is 11.9 Å². The molecule has 1 saturated carbocycles. The summed E-state index contributed by atoms with van der Waals surface area (Å²) < 4.78 is 1.83. The molecule has 148 valence electrons. The van der Waals surface area contributed by atoms with Gasteiger partial charge in [-0.15, -0.1) is 0 Å². The lowest BCUT2D eigenvalue weighted by Crippen LogP contribution is -2.57. The number of amides is 1. The van der Waals surface area contributed by atoms with Crippen molar-refractivity contribution in [3.63, 3.8) is 0 Å². The summed E-state index contributed by atoms with van der Waals surface area (Å²) in [5, 5.41) is 0. The van der Waals surface area contributed by atoms with Crippen LogP contribution >= 0.6 is 0 Å². The van der Waals surface area contributed by atoms with E-state index in [1.54, 1.807) is 36.7 Å². The van der Waals surface area contributed by atoms with Crippen LogP contribution in [0.1, 0.15) is 32.6 Å². The van der Waals surface area contributed by atoms with Gasteiger partial charge in [-0.3, -0.25) is 9.36 Å². The fourth-order valence-corrected chi connectivity index (χ4v) is 4.07. The van der Waals surface area contributed by atoms with Crippen LogP contribution in [0.4, 0.5) is 11.5 Å². The molecule has 9 nitrogen and oxygen atoms in total. The number of imidazole rings is 1. The molecule has 1 aliphatic heterocycles. The van der Waals surface area contributed by atoms with Gasteiger partial charge < -0.3 is 9.80 Å². The molecule has 1 atom stereocenters. The molecule has 29 heavy (non-hydrogen) atoms. The maximum Gasteiger partial charge on any atom is 0.249 e. The highest BCUT2D eigenvalue weighted by Crippen LogP contribution is 2.40. The van der Waals surface area contributed by atoms with Crippen LogP contribution in [0.25, 0.3) is 17.3 Å². The van der Waals surface area contributed by atoms with Crippen molar-refractivity contribution in [3.05, 3.63) is 37.3 Å². The van der Waals surface area contributed by atoms with Crippen molar-refractivity contribution in [1.82, 2.24) is 29.5 Å². The number of carbonyl (C=O) groups excluding carboxylic acids is 1. The molecule has 1 aliphatic carbocycles. The second-order valence-electron chi connectivity index (χ2n) is 7.44. The summed E-state index contributed by atoms with van der Waals surface area (Å²) in [6, 6.07) is 0.161. The van der Waals surface area contributed by atoms with Crippen LogP contribution in [0.2, 0.25) is 0 Å². The van der Waals surface area contributed by atoms with E-state index in [1.807, 2.05) is 10.8 Å². The molecule has 0 spiro atoms. The van der Waals surface area contributed by atoms with Gasteiger partial charge in [0, 0.05) is 37.9 Å². The maximum atomic E-state index is 12.9. The Morgan fingerprint density at radius 2 is 1.93 bits per heavy atom. The standard InChI is InChI=1S/C20H22N8O/c1-3-15-19(29)26(2)16-11-24-20(25-18(16)28(15)14-5-4-6-14)27-8-7-23-17(27)13-9-21-12-22-10-13/h7-12,14-15H,3-6H2,1-2H3. The van der Waals surface area contributed by atoms with Crippen molar-refractivity contribution >= 4 is 17.4 Å². The molecule has 3 aromatic heterocycles. The summed E-state index contributed by atoms with van der Waals surface area (Å²) in [5.74, 6) is 2.11. The molecule has 2 aliphatic rings. The lowest BCUT2D eigenvalue weighted by atomic mass is 9.88. The van der Waals surface area contributed by atoms with Crippen LogP contribution in [0.3, 0.4) is 0 Å². The first-order valence-electron chi connectivity index (χ1n) is 9.91. The van der Waals surface area contributed by atoms with Crippen LogP contribution in [-0.2, 0) is 4.79 Å². The van der Waals surface area contributed by atoms with Gasteiger partial charge in [0.1, 0.15) is 23.9 Å². The van der Waals surface area contributed by atoms with E-state index in [1.165, 1.54) is 12.7 Å². The molecule has 0 radical (unpaired) electrons. The highest BCUT2D eigenvalue weighted by molar-refractivity contribution is 6.04. The molecule has 1 amide bonds. The Hall–Kier alpha value is -3.36. The Bertz CT molecular complexity index is 1050. The summed E-state index contributed by atoms with van der Waals surface area (Å²) in [6.07, 6.45) is 14.3. The smallest absolute Gasteiger partial charge is 0.249 e. The minimum Gasteiger partial charge on any atom is -0.340 e. The summed E-state index contributed by atoms with van der Waals surface area (Å²) in [6.45, 7) is 2.05. The Kier molecular flexibility index (Phi) is 4.22. The van der Waals surface area contributed by atoms with E-state index < -0.39 is 0 Å². The SMILES string of the molecule is CCC1C(=O)N(C)c2cnc(-n3ccnc3-c3cncnc3)nc2N1C1CCC1. The van der Waals surface area contributed by atoms with Crippen LogP contribution in [0, 0.1) is 0 Å². The van der Waals surface area contributed by atoms with Gasteiger partial charge in [-0.2, -0.15) is 4.98 Å². The molecule has 0 bridgehead atoms. The Morgan fingerprint density at radius 1 is 1.14 bits per heavy atom. The van der Waals surface area contributed by atoms with Gasteiger partial charge in [0.25, 0.3) is 0 Å². The highest BCUT2D eigenvalue weighted by atomic mass is 16.2. The van der Waals surface area contributed by atoms with E-state index in [0.717, 1.165) is 36.3 Å². The number of fused-ring (bicyclic) bond motifs is 1. The normalized spacial score (nSPS) is 19.2. The van der Waals surface area contributed by atoms with Gasteiger partial charge in [-0.1, -0.05) is 6.92 Å². The first-order chi connectivity index (χ1) is 14.2. The van der Waals surface area contributed by atoms with Crippen molar-refractivity contribution in [1.29, 1.82) is 0 Å². The van der Waals surface area contributed by atoms with Crippen molar-refractivity contribution in [3.8, 4) is 17.3 Å². The largest absolute Gasteiger partial charge is 0.340 e. The number of anilines is 2. The third kappa shape index (κ3) is 2.76. The summed E-state index contributed by atoms with van der Waals surface area (Å²) in [7, 11) is 1.80. The quantitative estimate of drug-likeness (QED) is 0.674. The number of likely N-dealkylation sites (N-methyl/N-ethyl adjacent to an activating group) is 1. The highest BCUT2D eigenvalue weighted by Gasteiger charge is 2.42. The molecule has 0 aromatic carbocycles. The molecule has 4 heterocycles. The van der Waals surface area contributed by atoms with Gasteiger partial charge in [0.15, 0.2) is 5.82 Å². The zero-order valence-corrected chi connectivity index (χ0v) is 16.4. The van der Waals surface area contributed by atoms with Crippen molar-refractivity contribution in [2.45, 2.75) is 44.7 Å². The summed E-state index contributed by atoms with van der Waals surface area (Å²) in [5.41, 5.74) is 1.54. The first-order valence-corrected chi connectivity index (χ1v) is 9.91. The van der Waals surface area contributed by atoms with E-state index in [9.17, 15) is 4.79 Å². The zero-order valence-electron chi connectivity index (χ0n) is 16.4. The monoisotopic (exact) mass is 390 g/mol. The molecular formula is C20H22N8O. The second kappa shape index (κ2) is 6.91. The number of rotatable bonds is 4. The van der Waals surface area contributed by atoms with Crippen molar-refractivity contribution < 1.29 is 4.79 Å². The van der Waals surface area contributed by atoms with Crippen LogP contribution in [-0.4, -0.2) is 54.5 Å². The predicted octanol–water partition coefficient (Wildman–Crippen LogP) is 2.23. The Balaban J connectivity index is 1.63. The third-order valence-corrected chi connectivity index (χ3v) is 5.82. The average Bonchev–Trinajstić information content (AvgIpc) is 3.21. The molecule has 1 unspecified atom stereocenters. The van der Waals surface area contributed by atoms with Gasteiger partial charge in [0.05, 0.1) is 11.8 Å². The minimum atomic E-state index is -0.190. The summed E-state index contributed by atoms with van der Waals surface area (Å²) in [4.78, 5) is 38.9. The lowest BCUT2D eigenvalue weighted by Gasteiger charge is -2.47. The van der Waals surface area contributed by atoms with E-state index in [4.69, 9.17) is 4.98 Å². The topological polar surface area (TPSA) is 92.9 Å². The number of carbonyl (C=O) groups is 1. The zero-order chi connectivity index (χ0) is 20.0. The predicted molar refractivity (Wildman–Crippen MR) is 108 cm³/mol. The van der Waals surface area contributed by atoms with Crippen LogP contribution in [0.5, 0.6) is 0 Å². The second-order valence-corrected chi connectivity index (χ2v) is 7.44. The number of nitrogens with zero attached hydrogens (tertiary/aromatic N) is 8. The summed E-state index contributed by atoms with van der Waals surface area (Å²) >= 11 is 0. The number of hydrogen-bond donors (Lipinski definition) is 0. The fraction of sp³-hybridized carbons (Fsp3) is 0.400. The minimum absolute atomic E-state index is 0.105. The molecule has 1 fully saturated rings. The molecule has 0 N–H and O–H groups in total. The van der Waals surface area contributed by atoms with Crippen LogP contribution in [0.15, 0.2) is 37.3 Å². The van der Waals surface area contributed by atoms with Crippen LogP contribution < -0.4 is 9.80 Å². The van der Waals surface area contributed by atoms with Gasteiger partial charge >= 0.3 is 0 Å². The van der Waals surface area contributed by atoms with E-state index in [2.05, 4.69) is 31.8 Å². The molecule has 3 aromatic rings. The van der Waals surface area contributed by atoms with E-state index >= 15 is 0 Å². The lowest BCUT2D eigenvalue weighted by molar-refractivity contribution is -0.120. The third-order valence-electron chi connectivity index (χ3n) is 5.82. The van der Waals surface area contributed by atoms with E-state index in [0.29, 0.717) is 17.8 Å². The molecule has 5 rings (SSSR count). The van der Waals surface area contributed by atoms with Crippen molar-refractivity contribution in [2.75, 3.05) is 16.8 Å². The first kappa shape index (κ1) is 17.7. The number of hydrogen-bond acceptors (Lipinski definition) is 7. The maximum absolute atomic E-state index is 12.9. The Labute approximate surface area is 168 Å². The van der Waals surface area contributed by atoms with Gasteiger partial charge in [-0.05, 0) is 25.7 Å². The molecule has 9 heteroatoms.